The Morgan fingerprint density at radius 2 is 1.88 bits per heavy atom. The molecule has 0 radical (unpaired) electrons. The van der Waals surface area contributed by atoms with Gasteiger partial charge < -0.3 is 14.6 Å². The molecule has 5 aliphatic rings. The average molecular weight is 342 g/mol. The maximum absolute atomic E-state index is 11.0. The molecule has 5 rings (SSSR count). The molecule has 136 valence electrons. The molecule has 0 aromatic heterocycles. The van der Waals surface area contributed by atoms with Crippen molar-refractivity contribution in [3.8, 4) is 12.3 Å². The second-order valence-electron chi connectivity index (χ2n) is 9.33. The van der Waals surface area contributed by atoms with Crippen LogP contribution in [0.4, 0.5) is 0 Å². The standard InChI is InChI=1S/C22H30O3/c1-3-21(23)10-8-19-18-5-4-15-14-22(24-12-13-25-22)11-7-16(15)17(18)6-9-20(19,21)2/h1,17-19,23H,4-14H2,2H3/t17-,18-,19+,20+,21+/m1/s1. The lowest BCUT2D eigenvalue weighted by Crippen LogP contribution is -2.51. The molecular weight excluding hydrogens is 312 g/mol. The molecule has 0 unspecified atom stereocenters. The van der Waals surface area contributed by atoms with Crippen molar-refractivity contribution in [2.45, 2.75) is 76.1 Å². The number of aliphatic hydroxyl groups is 1. The fourth-order valence-electron chi connectivity index (χ4n) is 7.19. The molecule has 0 aromatic rings. The van der Waals surface area contributed by atoms with E-state index in [-0.39, 0.29) is 11.2 Å². The highest BCUT2D eigenvalue weighted by Gasteiger charge is 2.61. The van der Waals surface area contributed by atoms with Crippen LogP contribution in [0.3, 0.4) is 0 Å². The molecule has 0 amide bonds. The van der Waals surface area contributed by atoms with Gasteiger partial charge in [-0.05, 0) is 62.7 Å². The Hall–Kier alpha value is -0.820. The second-order valence-corrected chi connectivity index (χ2v) is 9.33. The van der Waals surface area contributed by atoms with E-state index in [1.807, 2.05) is 0 Å². The summed E-state index contributed by atoms with van der Waals surface area (Å²) in [6.07, 6.45) is 15.5. The molecule has 1 saturated heterocycles. The molecule has 2 saturated carbocycles. The summed E-state index contributed by atoms with van der Waals surface area (Å²) < 4.78 is 12.0. The van der Waals surface area contributed by atoms with Gasteiger partial charge in [-0.1, -0.05) is 24.0 Å². The molecule has 3 fully saturated rings. The van der Waals surface area contributed by atoms with E-state index in [4.69, 9.17) is 15.9 Å². The first-order chi connectivity index (χ1) is 12.0. The normalized spacial score (nSPS) is 48.0. The van der Waals surface area contributed by atoms with Crippen molar-refractivity contribution in [2.24, 2.45) is 23.2 Å². The van der Waals surface area contributed by atoms with E-state index < -0.39 is 5.60 Å². The highest BCUT2D eigenvalue weighted by molar-refractivity contribution is 5.30. The third kappa shape index (κ3) is 2.11. The van der Waals surface area contributed by atoms with Crippen molar-refractivity contribution in [1.82, 2.24) is 0 Å². The van der Waals surface area contributed by atoms with E-state index in [9.17, 15) is 5.11 Å². The first kappa shape index (κ1) is 16.4. The van der Waals surface area contributed by atoms with Crippen molar-refractivity contribution in [3.63, 3.8) is 0 Å². The maximum Gasteiger partial charge on any atom is 0.172 e. The zero-order valence-electron chi connectivity index (χ0n) is 15.4. The zero-order chi connectivity index (χ0) is 17.3. The largest absolute Gasteiger partial charge is 0.377 e. The Labute approximate surface area is 151 Å². The number of fused-ring (bicyclic) bond motifs is 4. The maximum atomic E-state index is 11.0. The third-order valence-corrected chi connectivity index (χ3v) is 8.58. The Morgan fingerprint density at radius 1 is 1.08 bits per heavy atom. The molecular formula is C22H30O3. The summed E-state index contributed by atoms with van der Waals surface area (Å²) in [6.45, 7) is 3.76. The Bertz CT molecular complexity index is 653. The minimum atomic E-state index is -0.889. The van der Waals surface area contributed by atoms with Crippen molar-refractivity contribution < 1.29 is 14.6 Å². The average Bonchev–Trinajstić information content (AvgIpc) is 3.18. The number of allylic oxidation sites excluding steroid dienone is 1. The van der Waals surface area contributed by atoms with Crippen LogP contribution in [0.25, 0.3) is 0 Å². The fraction of sp³-hybridized carbons (Fsp3) is 0.818. The summed E-state index contributed by atoms with van der Waals surface area (Å²) in [6, 6.07) is 0. The van der Waals surface area contributed by atoms with Gasteiger partial charge >= 0.3 is 0 Å². The predicted octanol–water partition coefficient (Wildman–Crippen LogP) is 3.81. The molecule has 1 aliphatic heterocycles. The van der Waals surface area contributed by atoms with E-state index in [1.165, 1.54) is 19.3 Å². The van der Waals surface area contributed by atoms with Gasteiger partial charge in [0.05, 0.1) is 13.2 Å². The zero-order valence-corrected chi connectivity index (χ0v) is 15.4. The molecule has 4 aliphatic carbocycles. The lowest BCUT2D eigenvalue weighted by atomic mass is 9.52. The molecule has 0 aromatic carbocycles. The smallest absolute Gasteiger partial charge is 0.172 e. The number of ether oxygens (including phenoxy) is 2. The lowest BCUT2D eigenvalue weighted by molar-refractivity contribution is -0.166. The summed E-state index contributed by atoms with van der Waals surface area (Å²) in [4.78, 5) is 0. The SMILES string of the molecule is C#C[C@]1(O)CC[C@H]2[C@@H]3CCC4=C(CCC5(C4)OCCO5)[C@H]3CC[C@@]21C. The monoisotopic (exact) mass is 342 g/mol. The fourth-order valence-corrected chi connectivity index (χ4v) is 7.19. The molecule has 5 atom stereocenters. The van der Waals surface area contributed by atoms with Gasteiger partial charge in [-0.15, -0.1) is 6.42 Å². The van der Waals surface area contributed by atoms with Crippen molar-refractivity contribution in [2.75, 3.05) is 13.2 Å². The highest BCUT2D eigenvalue weighted by Crippen LogP contribution is 2.64. The van der Waals surface area contributed by atoms with E-state index in [1.54, 1.807) is 11.1 Å². The quantitative estimate of drug-likeness (QED) is 0.537. The van der Waals surface area contributed by atoms with E-state index in [0.717, 1.165) is 51.7 Å². The minimum Gasteiger partial charge on any atom is -0.377 e. The van der Waals surface area contributed by atoms with E-state index in [0.29, 0.717) is 17.8 Å². The molecule has 0 bridgehead atoms. The van der Waals surface area contributed by atoms with Gasteiger partial charge in [0.1, 0.15) is 5.60 Å². The van der Waals surface area contributed by atoms with Gasteiger partial charge in [0, 0.05) is 18.3 Å². The molecule has 1 spiro atoms. The predicted molar refractivity (Wildman–Crippen MR) is 95.6 cm³/mol. The van der Waals surface area contributed by atoms with Gasteiger partial charge in [0.15, 0.2) is 5.79 Å². The molecule has 25 heavy (non-hydrogen) atoms. The minimum absolute atomic E-state index is 0.0887. The van der Waals surface area contributed by atoms with Crippen molar-refractivity contribution >= 4 is 0 Å². The van der Waals surface area contributed by atoms with Crippen LogP contribution in [-0.2, 0) is 9.47 Å². The van der Waals surface area contributed by atoms with Crippen LogP contribution in [-0.4, -0.2) is 29.7 Å². The van der Waals surface area contributed by atoms with Crippen LogP contribution < -0.4 is 0 Å². The third-order valence-electron chi connectivity index (χ3n) is 8.58. The Morgan fingerprint density at radius 3 is 2.64 bits per heavy atom. The molecule has 3 heteroatoms. The van der Waals surface area contributed by atoms with Crippen LogP contribution in [0.15, 0.2) is 11.1 Å². The summed E-state index contributed by atoms with van der Waals surface area (Å²) >= 11 is 0. The Balaban J connectivity index is 1.43. The van der Waals surface area contributed by atoms with Crippen LogP contribution in [0, 0.1) is 35.5 Å². The first-order valence-electron chi connectivity index (χ1n) is 10.2. The molecule has 1 N–H and O–H groups in total. The number of hydrogen-bond acceptors (Lipinski definition) is 3. The van der Waals surface area contributed by atoms with Crippen molar-refractivity contribution in [1.29, 1.82) is 0 Å². The molecule has 3 nitrogen and oxygen atoms in total. The van der Waals surface area contributed by atoms with Crippen LogP contribution >= 0.6 is 0 Å². The summed E-state index contributed by atoms with van der Waals surface area (Å²) in [7, 11) is 0. The van der Waals surface area contributed by atoms with Crippen LogP contribution in [0.2, 0.25) is 0 Å². The lowest BCUT2D eigenvalue weighted by Gasteiger charge is -2.53. The van der Waals surface area contributed by atoms with Gasteiger partial charge in [-0.2, -0.15) is 0 Å². The van der Waals surface area contributed by atoms with Gasteiger partial charge in [-0.25, -0.2) is 0 Å². The van der Waals surface area contributed by atoms with Gasteiger partial charge in [0.25, 0.3) is 0 Å². The number of terminal acetylenes is 1. The van der Waals surface area contributed by atoms with Crippen LogP contribution in [0.1, 0.15) is 64.7 Å². The number of rotatable bonds is 0. The van der Waals surface area contributed by atoms with E-state index >= 15 is 0 Å². The summed E-state index contributed by atoms with van der Waals surface area (Å²) in [5.41, 5.74) is 2.37. The summed E-state index contributed by atoms with van der Waals surface area (Å²) in [5, 5.41) is 11.0. The summed E-state index contributed by atoms with van der Waals surface area (Å²) in [5.74, 6) is 4.47. The van der Waals surface area contributed by atoms with Gasteiger partial charge in [-0.3, -0.25) is 0 Å². The Kier molecular flexibility index (Phi) is 3.50. The molecule has 1 heterocycles. The van der Waals surface area contributed by atoms with E-state index in [2.05, 4.69) is 12.8 Å². The second kappa shape index (κ2) is 5.35. The topological polar surface area (TPSA) is 38.7 Å². The first-order valence-corrected chi connectivity index (χ1v) is 10.2. The van der Waals surface area contributed by atoms with Crippen LogP contribution in [0.5, 0.6) is 0 Å². The number of hydrogen-bond donors (Lipinski definition) is 1. The van der Waals surface area contributed by atoms with Crippen molar-refractivity contribution in [3.05, 3.63) is 11.1 Å². The van der Waals surface area contributed by atoms with Gasteiger partial charge in [0.2, 0.25) is 0 Å². The highest BCUT2D eigenvalue weighted by atomic mass is 16.7.